The minimum Gasteiger partial charge on any atom is -0.380 e. The number of aromatic nitrogens is 1. The molecule has 1 N–H and O–H groups in total. The molecule has 162 valence electrons. The molecule has 1 aromatic heterocycles. The van der Waals surface area contributed by atoms with Crippen LogP contribution in [0.5, 0.6) is 0 Å². The van der Waals surface area contributed by atoms with E-state index in [1.165, 1.54) is 0 Å². The van der Waals surface area contributed by atoms with Gasteiger partial charge in [-0.05, 0) is 25.5 Å². The molecule has 0 saturated carbocycles. The third-order valence-electron chi connectivity index (χ3n) is 5.57. The number of halogens is 1. The van der Waals surface area contributed by atoms with Crippen LogP contribution in [0.25, 0.3) is 0 Å². The second kappa shape index (κ2) is 11.5. The van der Waals surface area contributed by atoms with Gasteiger partial charge in [0.15, 0.2) is 0 Å². The smallest absolute Gasteiger partial charge is 0.271 e. The van der Waals surface area contributed by atoms with Gasteiger partial charge in [-0.1, -0.05) is 11.6 Å². The fourth-order valence-electron chi connectivity index (χ4n) is 3.80. The number of hydrogen-bond acceptors (Lipinski definition) is 7. The monoisotopic (exact) mass is 442 g/mol. The number of pyridine rings is 1. The van der Waals surface area contributed by atoms with Crippen molar-refractivity contribution in [2.45, 2.75) is 24.8 Å². The second-order valence-corrected chi connectivity index (χ2v) is 8.77. The zero-order valence-corrected chi connectivity index (χ0v) is 18.6. The summed E-state index contributed by atoms with van der Waals surface area (Å²) in [7, 11) is 0. The fraction of sp³-hybridized carbons (Fsp3) is 0.700. The molecule has 7 nitrogen and oxygen atoms in total. The van der Waals surface area contributed by atoms with E-state index in [1.807, 2.05) is 0 Å². The Hall–Kier alpha value is -0.900. The molecule has 1 aromatic rings. The maximum atomic E-state index is 12.7. The Morgan fingerprint density at radius 1 is 1.45 bits per heavy atom. The highest BCUT2D eigenvalue weighted by Crippen LogP contribution is 2.22. The van der Waals surface area contributed by atoms with Gasteiger partial charge in [0.25, 0.3) is 5.91 Å². The average molecular weight is 443 g/mol. The third kappa shape index (κ3) is 6.80. The molecule has 0 radical (unpaired) electrons. The van der Waals surface area contributed by atoms with Crippen LogP contribution in [0.15, 0.2) is 18.3 Å². The SMILES string of the molecule is CC(S)N1CCC(NC(=O)c2ncccc2Cl)C(COCCN2CCOCC2)C1. The Morgan fingerprint density at radius 3 is 2.97 bits per heavy atom. The molecule has 0 spiro atoms. The zero-order chi connectivity index (χ0) is 20.6. The van der Waals surface area contributed by atoms with E-state index in [0.29, 0.717) is 18.2 Å². The number of piperidine rings is 1. The number of thiol groups is 1. The second-order valence-electron chi connectivity index (χ2n) is 7.62. The molecule has 3 rings (SSSR count). The molecule has 0 bridgehead atoms. The largest absolute Gasteiger partial charge is 0.380 e. The Kier molecular flexibility index (Phi) is 9.02. The van der Waals surface area contributed by atoms with Gasteiger partial charge in [-0.3, -0.25) is 14.6 Å². The third-order valence-corrected chi connectivity index (χ3v) is 6.20. The number of carbonyl (C=O) groups excluding carboxylic acids is 1. The molecule has 3 unspecified atom stereocenters. The summed E-state index contributed by atoms with van der Waals surface area (Å²) in [6.07, 6.45) is 2.43. The maximum Gasteiger partial charge on any atom is 0.271 e. The van der Waals surface area contributed by atoms with E-state index in [1.54, 1.807) is 18.3 Å². The molecule has 3 heterocycles. The number of carbonyl (C=O) groups is 1. The Bertz CT molecular complexity index is 660. The molecule has 2 fully saturated rings. The van der Waals surface area contributed by atoms with Crippen molar-refractivity contribution in [3.63, 3.8) is 0 Å². The van der Waals surface area contributed by atoms with Crippen LogP contribution in [-0.4, -0.2) is 91.3 Å². The summed E-state index contributed by atoms with van der Waals surface area (Å²) in [6, 6.07) is 3.42. The van der Waals surface area contributed by atoms with Gasteiger partial charge in [-0.25, -0.2) is 4.98 Å². The lowest BCUT2D eigenvalue weighted by Gasteiger charge is -2.40. The lowest BCUT2D eigenvalue weighted by atomic mass is 9.92. The predicted molar refractivity (Wildman–Crippen MR) is 117 cm³/mol. The first-order chi connectivity index (χ1) is 14.0. The van der Waals surface area contributed by atoms with E-state index in [9.17, 15) is 4.79 Å². The molecule has 1 amide bonds. The van der Waals surface area contributed by atoms with E-state index in [-0.39, 0.29) is 28.9 Å². The van der Waals surface area contributed by atoms with Crippen molar-refractivity contribution in [2.24, 2.45) is 5.92 Å². The first-order valence-corrected chi connectivity index (χ1v) is 11.2. The predicted octanol–water partition coefficient (Wildman–Crippen LogP) is 1.78. The highest BCUT2D eigenvalue weighted by atomic mass is 35.5. The molecule has 3 atom stereocenters. The van der Waals surface area contributed by atoms with E-state index < -0.39 is 0 Å². The first-order valence-electron chi connectivity index (χ1n) is 10.3. The van der Waals surface area contributed by atoms with Crippen LogP contribution in [0.2, 0.25) is 5.02 Å². The molecule has 2 aliphatic rings. The minimum absolute atomic E-state index is 0.0206. The topological polar surface area (TPSA) is 66.9 Å². The van der Waals surface area contributed by atoms with E-state index in [0.717, 1.165) is 52.4 Å². The number of morpholine rings is 1. The Balaban J connectivity index is 1.53. The molecule has 2 saturated heterocycles. The summed E-state index contributed by atoms with van der Waals surface area (Å²) in [4.78, 5) is 21.5. The number of hydrogen-bond donors (Lipinski definition) is 2. The van der Waals surface area contributed by atoms with Crippen LogP contribution >= 0.6 is 24.2 Å². The van der Waals surface area contributed by atoms with Gasteiger partial charge < -0.3 is 14.8 Å². The van der Waals surface area contributed by atoms with Gasteiger partial charge in [0, 0.05) is 56.3 Å². The lowest BCUT2D eigenvalue weighted by molar-refractivity contribution is 0.00455. The van der Waals surface area contributed by atoms with E-state index in [2.05, 4.69) is 39.7 Å². The number of nitrogens with zero attached hydrogens (tertiary/aromatic N) is 3. The summed E-state index contributed by atoms with van der Waals surface area (Å²) in [5.74, 6) is -0.0410. The highest BCUT2D eigenvalue weighted by molar-refractivity contribution is 7.80. The van der Waals surface area contributed by atoms with Gasteiger partial charge in [0.1, 0.15) is 5.69 Å². The van der Waals surface area contributed by atoms with Gasteiger partial charge >= 0.3 is 0 Å². The molecular formula is C20H31ClN4O3S. The Labute approximate surface area is 183 Å². The summed E-state index contributed by atoms with van der Waals surface area (Å²) in [5, 5.41) is 3.67. The number of rotatable bonds is 8. The van der Waals surface area contributed by atoms with Gasteiger partial charge in [-0.15, -0.1) is 0 Å². The van der Waals surface area contributed by atoms with Crippen molar-refractivity contribution < 1.29 is 14.3 Å². The first kappa shape index (κ1) is 22.8. The average Bonchev–Trinajstić information content (AvgIpc) is 2.73. The molecular weight excluding hydrogens is 412 g/mol. The molecule has 9 heteroatoms. The molecule has 2 aliphatic heterocycles. The standard InChI is InChI=1S/C20H31ClN4O3S/c1-15(29)25-6-4-18(23-20(26)19-17(21)3-2-5-22-19)16(13-25)14-28-12-9-24-7-10-27-11-8-24/h2-3,5,15-16,18,29H,4,6-14H2,1H3,(H,23,26). The van der Waals surface area contributed by atoms with Gasteiger partial charge in [0.2, 0.25) is 0 Å². The van der Waals surface area contributed by atoms with E-state index >= 15 is 0 Å². The quantitative estimate of drug-likeness (QED) is 0.472. The normalized spacial score (nSPS) is 24.9. The fourth-order valence-corrected chi connectivity index (χ4v) is 4.22. The van der Waals surface area contributed by atoms with Crippen molar-refractivity contribution in [1.82, 2.24) is 20.1 Å². The molecule has 29 heavy (non-hydrogen) atoms. The summed E-state index contributed by atoms with van der Waals surface area (Å²) < 4.78 is 11.4. The number of nitrogens with one attached hydrogen (secondary N) is 1. The lowest BCUT2D eigenvalue weighted by Crippen LogP contribution is -2.53. The maximum absolute atomic E-state index is 12.7. The van der Waals surface area contributed by atoms with Gasteiger partial charge in [0.05, 0.1) is 31.5 Å². The number of amides is 1. The molecule has 0 aromatic carbocycles. The van der Waals surface area contributed by atoms with Crippen LogP contribution in [0, 0.1) is 5.92 Å². The van der Waals surface area contributed by atoms with Crippen LogP contribution in [-0.2, 0) is 9.47 Å². The summed E-state index contributed by atoms with van der Waals surface area (Å²) >= 11 is 10.7. The van der Waals surface area contributed by atoms with Gasteiger partial charge in [-0.2, -0.15) is 12.6 Å². The molecule has 0 aliphatic carbocycles. The van der Waals surface area contributed by atoms with Crippen molar-refractivity contribution in [3.8, 4) is 0 Å². The van der Waals surface area contributed by atoms with Crippen LogP contribution in [0.4, 0.5) is 0 Å². The Morgan fingerprint density at radius 2 is 2.24 bits per heavy atom. The van der Waals surface area contributed by atoms with Crippen molar-refractivity contribution in [1.29, 1.82) is 0 Å². The van der Waals surface area contributed by atoms with E-state index in [4.69, 9.17) is 21.1 Å². The van der Waals surface area contributed by atoms with Crippen molar-refractivity contribution in [3.05, 3.63) is 29.0 Å². The summed E-state index contributed by atoms with van der Waals surface area (Å²) in [5.41, 5.74) is 0.270. The zero-order valence-electron chi connectivity index (χ0n) is 16.9. The van der Waals surface area contributed by atoms with Crippen molar-refractivity contribution in [2.75, 3.05) is 59.2 Å². The van der Waals surface area contributed by atoms with Crippen LogP contribution in [0.1, 0.15) is 23.8 Å². The van der Waals surface area contributed by atoms with Crippen molar-refractivity contribution >= 4 is 30.1 Å². The number of likely N-dealkylation sites (tertiary alicyclic amines) is 1. The highest BCUT2D eigenvalue weighted by Gasteiger charge is 2.32. The number of ether oxygens (including phenoxy) is 2. The minimum atomic E-state index is -0.230. The van der Waals surface area contributed by atoms with Crippen LogP contribution < -0.4 is 5.32 Å². The van der Waals surface area contributed by atoms with Crippen LogP contribution in [0.3, 0.4) is 0 Å². The summed E-state index contributed by atoms with van der Waals surface area (Å²) in [6.45, 7) is 9.49.